The molecule has 4 N–H and O–H groups in total. The Bertz CT molecular complexity index is 614. The zero-order chi connectivity index (χ0) is 16.1. The van der Waals surface area contributed by atoms with Crippen molar-refractivity contribution in [2.75, 3.05) is 7.05 Å². The van der Waals surface area contributed by atoms with Gasteiger partial charge in [0.25, 0.3) is 5.91 Å². The van der Waals surface area contributed by atoms with Crippen LogP contribution >= 0.6 is 0 Å². The van der Waals surface area contributed by atoms with Gasteiger partial charge in [-0.15, -0.1) is 0 Å². The van der Waals surface area contributed by atoms with Gasteiger partial charge in [-0.2, -0.15) is 5.12 Å². The van der Waals surface area contributed by atoms with E-state index >= 15 is 0 Å². The molecule has 8 heteroatoms. The number of carbonyl (C=O) groups is 3. The number of piperidine rings is 1. The summed E-state index contributed by atoms with van der Waals surface area (Å²) in [5, 5.41) is 5.19. The molecule has 0 spiro atoms. The van der Waals surface area contributed by atoms with Crippen LogP contribution in [0.4, 0.5) is 0 Å². The van der Waals surface area contributed by atoms with E-state index in [1.165, 1.54) is 10.1 Å². The van der Waals surface area contributed by atoms with E-state index in [4.69, 9.17) is 5.73 Å². The first-order valence-electron chi connectivity index (χ1n) is 7.16. The number of nitrogens with two attached hydrogens (primary N) is 1. The number of nitrogens with one attached hydrogen (secondary N) is 2. The van der Waals surface area contributed by atoms with Crippen molar-refractivity contribution >= 4 is 17.7 Å². The SMILES string of the molecule is CN1NC2C=CC=C(N)C2C(=O)N1C1(C)CCC(=O)NC1=O. The summed E-state index contributed by atoms with van der Waals surface area (Å²) in [4.78, 5) is 36.6. The van der Waals surface area contributed by atoms with Crippen LogP contribution < -0.4 is 16.5 Å². The molecular weight excluding hydrogens is 286 g/mol. The molecule has 0 radical (unpaired) electrons. The molecule has 0 saturated carbocycles. The molecule has 0 aromatic rings. The van der Waals surface area contributed by atoms with Crippen molar-refractivity contribution in [2.24, 2.45) is 11.7 Å². The number of hydrogen-bond acceptors (Lipinski definition) is 6. The minimum Gasteiger partial charge on any atom is -0.401 e. The Morgan fingerprint density at radius 3 is 2.77 bits per heavy atom. The molecule has 2 fully saturated rings. The van der Waals surface area contributed by atoms with Gasteiger partial charge in [0.1, 0.15) is 5.54 Å². The molecule has 22 heavy (non-hydrogen) atoms. The summed E-state index contributed by atoms with van der Waals surface area (Å²) in [5.41, 5.74) is 8.45. The maximum Gasteiger partial charge on any atom is 0.253 e. The third-order valence-corrected chi connectivity index (χ3v) is 4.48. The molecule has 1 aliphatic carbocycles. The monoisotopic (exact) mass is 305 g/mol. The van der Waals surface area contributed by atoms with Crippen molar-refractivity contribution in [3.05, 3.63) is 23.9 Å². The lowest BCUT2D eigenvalue weighted by Gasteiger charge is -2.52. The molecule has 118 valence electrons. The van der Waals surface area contributed by atoms with Crippen LogP contribution in [0.1, 0.15) is 19.8 Å². The predicted molar refractivity (Wildman–Crippen MR) is 77.2 cm³/mol. The molecular formula is C14H19N5O3. The van der Waals surface area contributed by atoms with Crippen LogP contribution in [0.5, 0.6) is 0 Å². The summed E-state index contributed by atoms with van der Waals surface area (Å²) >= 11 is 0. The number of nitrogens with zero attached hydrogens (tertiary/aromatic N) is 2. The van der Waals surface area contributed by atoms with Crippen LogP contribution in [0, 0.1) is 5.92 Å². The van der Waals surface area contributed by atoms with Gasteiger partial charge in [-0.1, -0.05) is 12.2 Å². The quantitative estimate of drug-likeness (QED) is 0.524. The van der Waals surface area contributed by atoms with Gasteiger partial charge in [0, 0.05) is 19.2 Å². The number of hydrazine groups is 2. The fourth-order valence-corrected chi connectivity index (χ4v) is 3.25. The molecule has 2 heterocycles. The molecule has 3 amide bonds. The van der Waals surface area contributed by atoms with Crippen LogP contribution in [0.25, 0.3) is 0 Å². The lowest BCUT2D eigenvalue weighted by molar-refractivity contribution is -0.196. The summed E-state index contributed by atoms with van der Waals surface area (Å²) in [5.74, 6) is -1.60. The maximum atomic E-state index is 12.9. The van der Waals surface area contributed by atoms with Crippen LogP contribution in [-0.2, 0) is 14.4 Å². The molecule has 3 unspecified atom stereocenters. The third kappa shape index (κ3) is 2.03. The second-order valence-electron chi connectivity index (χ2n) is 6.01. The highest BCUT2D eigenvalue weighted by molar-refractivity contribution is 6.04. The Hall–Kier alpha value is -2.19. The van der Waals surface area contributed by atoms with Crippen molar-refractivity contribution in [1.29, 1.82) is 0 Å². The molecule has 0 aromatic carbocycles. The zero-order valence-corrected chi connectivity index (χ0v) is 12.5. The van der Waals surface area contributed by atoms with E-state index in [9.17, 15) is 14.4 Å². The van der Waals surface area contributed by atoms with E-state index in [1.807, 2.05) is 6.08 Å². The van der Waals surface area contributed by atoms with E-state index in [2.05, 4.69) is 10.7 Å². The van der Waals surface area contributed by atoms with E-state index in [1.54, 1.807) is 26.1 Å². The average molecular weight is 305 g/mol. The second-order valence-corrected chi connectivity index (χ2v) is 6.01. The Balaban J connectivity index is 1.95. The normalized spacial score (nSPS) is 36.0. The highest BCUT2D eigenvalue weighted by Gasteiger charge is 2.53. The Morgan fingerprint density at radius 1 is 1.36 bits per heavy atom. The molecule has 2 saturated heterocycles. The van der Waals surface area contributed by atoms with Gasteiger partial charge < -0.3 is 5.73 Å². The molecule has 3 aliphatic rings. The van der Waals surface area contributed by atoms with Crippen LogP contribution in [0.15, 0.2) is 23.9 Å². The van der Waals surface area contributed by atoms with E-state index in [0.717, 1.165) is 0 Å². The summed E-state index contributed by atoms with van der Waals surface area (Å²) in [6, 6.07) is -0.240. The highest BCUT2D eigenvalue weighted by atomic mass is 16.2. The number of fused-ring (bicyclic) bond motifs is 1. The average Bonchev–Trinajstić information content (AvgIpc) is 2.43. The number of allylic oxidation sites excluding steroid dienone is 2. The number of rotatable bonds is 1. The second kappa shape index (κ2) is 4.92. The van der Waals surface area contributed by atoms with Gasteiger partial charge in [-0.25, -0.2) is 10.4 Å². The first-order chi connectivity index (χ1) is 10.3. The molecule has 0 aromatic heterocycles. The Kier molecular flexibility index (Phi) is 3.30. The number of carbonyl (C=O) groups excluding carboxylic acids is 3. The van der Waals surface area contributed by atoms with E-state index < -0.39 is 17.4 Å². The van der Waals surface area contributed by atoms with Crippen LogP contribution in [0.3, 0.4) is 0 Å². The van der Waals surface area contributed by atoms with Crippen molar-refractivity contribution in [2.45, 2.75) is 31.3 Å². The van der Waals surface area contributed by atoms with Crippen molar-refractivity contribution in [1.82, 2.24) is 20.9 Å². The zero-order valence-electron chi connectivity index (χ0n) is 12.5. The molecule has 3 rings (SSSR count). The third-order valence-electron chi connectivity index (χ3n) is 4.48. The Labute approximate surface area is 127 Å². The fraction of sp³-hybridized carbons (Fsp3) is 0.500. The van der Waals surface area contributed by atoms with Gasteiger partial charge >= 0.3 is 0 Å². The summed E-state index contributed by atoms with van der Waals surface area (Å²) in [7, 11) is 1.67. The van der Waals surface area contributed by atoms with Crippen LogP contribution in [-0.4, -0.2) is 46.5 Å². The van der Waals surface area contributed by atoms with Gasteiger partial charge in [0.05, 0.1) is 12.0 Å². The topological polar surface area (TPSA) is 108 Å². The number of amides is 3. The molecule has 8 nitrogen and oxygen atoms in total. The van der Waals surface area contributed by atoms with Crippen LogP contribution in [0.2, 0.25) is 0 Å². The van der Waals surface area contributed by atoms with E-state index in [0.29, 0.717) is 5.70 Å². The Morgan fingerprint density at radius 2 is 2.09 bits per heavy atom. The molecule has 3 atom stereocenters. The summed E-state index contributed by atoms with van der Waals surface area (Å²) < 4.78 is 0. The largest absolute Gasteiger partial charge is 0.401 e. The highest BCUT2D eigenvalue weighted by Crippen LogP contribution is 2.33. The lowest BCUT2D eigenvalue weighted by atomic mass is 9.85. The van der Waals surface area contributed by atoms with Crippen molar-refractivity contribution < 1.29 is 14.4 Å². The van der Waals surface area contributed by atoms with Gasteiger partial charge in [0.15, 0.2) is 0 Å². The minimum atomic E-state index is -1.13. The molecule has 2 aliphatic heterocycles. The lowest BCUT2D eigenvalue weighted by Crippen LogP contribution is -2.74. The van der Waals surface area contributed by atoms with Gasteiger partial charge in [-0.3, -0.25) is 19.7 Å². The minimum absolute atomic E-state index is 0.194. The maximum absolute atomic E-state index is 12.9. The van der Waals surface area contributed by atoms with Gasteiger partial charge in [-0.05, 0) is 19.4 Å². The van der Waals surface area contributed by atoms with E-state index in [-0.39, 0.29) is 30.7 Å². The number of hydrogen-bond donors (Lipinski definition) is 3. The van der Waals surface area contributed by atoms with Crippen molar-refractivity contribution in [3.8, 4) is 0 Å². The first kappa shape index (κ1) is 14.7. The molecule has 0 bridgehead atoms. The summed E-state index contributed by atoms with van der Waals surface area (Å²) in [6.45, 7) is 1.66. The number of imide groups is 1. The first-order valence-corrected chi connectivity index (χ1v) is 7.16. The van der Waals surface area contributed by atoms with Gasteiger partial charge in [0.2, 0.25) is 11.8 Å². The standard InChI is InChI=1S/C14H19N5O3/c1-14(7-6-10(20)16-13(14)22)19-12(21)11-8(15)4-3-5-9(11)17-18(19)2/h3-5,9,11,17H,6-7,15H2,1-2H3,(H,16,20,22). The predicted octanol–water partition coefficient (Wildman–Crippen LogP) is -1.23. The fourth-order valence-electron chi connectivity index (χ4n) is 3.25. The summed E-state index contributed by atoms with van der Waals surface area (Å²) in [6.07, 6.45) is 5.82. The van der Waals surface area contributed by atoms with Crippen molar-refractivity contribution in [3.63, 3.8) is 0 Å². The smallest absolute Gasteiger partial charge is 0.253 e.